The van der Waals surface area contributed by atoms with E-state index in [9.17, 15) is 18.0 Å². The van der Waals surface area contributed by atoms with Crippen LogP contribution in [0.15, 0.2) is 42.6 Å². The minimum absolute atomic E-state index is 0.0992. The van der Waals surface area contributed by atoms with Crippen molar-refractivity contribution in [3.05, 3.63) is 53.7 Å². The highest BCUT2D eigenvalue weighted by atomic mass is 19.4. The van der Waals surface area contributed by atoms with E-state index in [4.69, 9.17) is 14.7 Å². The van der Waals surface area contributed by atoms with Crippen molar-refractivity contribution in [2.24, 2.45) is 0 Å². The number of halogens is 3. The van der Waals surface area contributed by atoms with Crippen LogP contribution in [0.25, 0.3) is 6.08 Å². The molecule has 1 amide bonds. The van der Waals surface area contributed by atoms with Gasteiger partial charge in [-0.25, -0.2) is 4.98 Å². The smallest absolute Gasteiger partial charge is 0.417 e. The van der Waals surface area contributed by atoms with Crippen molar-refractivity contribution in [3.8, 4) is 17.6 Å². The molecule has 1 aliphatic rings. The third-order valence-corrected chi connectivity index (χ3v) is 4.89. The van der Waals surface area contributed by atoms with Crippen LogP contribution in [0.5, 0.6) is 11.5 Å². The third kappa shape index (κ3) is 5.69. The van der Waals surface area contributed by atoms with Crippen molar-refractivity contribution >= 4 is 17.8 Å². The summed E-state index contributed by atoms with van der Waals surface area (Å²) in [6, 6.07) is 9.34. The Hall–Kier alpha value is -3.74. The fraction of sp³-hybridized carbons (Fsp3) is 0.318. The summed E-state index contributed by atoms with van der Waals surface area (Å²) in [6.45, 7) is 1.69. The second-order valence-electron chi connectivity index (χ2n) is 6.91. The molecule has 168 valence electrons. The fourth-order valence-corrected chi connectivity index (χ4v) is 3.19. The second-order valence-corrected chi connectivity index (χ2v) is 6.91. The van der Waals surface area contributed by atoms with Gasteiger partial charge in [-0.1, -0.05) is 6.07 Å². The maximum absolute atomic E-state index is 12.7. The van der Waals surface area contributed by atoms with E-state index >= 15 is 0 Å². The number of piperazine rings is 1. The number of aromatic nitrogens is 1. The predicted octanol–water partition coefficient (Wildman–Crippen LogP) is 3.37. The number of hydrogen-bond acceptors (Lipinski definition) is 6. The molecule has 0 unspecified atom stereocenters. The van der Waals surface area contributed by atoms with Crippen LogP contribution >= 0.6 is 0 Å². The lowest BCUT2D eigenvalue weighted by molar-refractivity contribution is -0.137. The molecule has 1 aromatic heterocycles. The normalized spacial score (nSPS) is 14.3. The Balaban J connectivity index is 1.56. The number of alkyl halides is 3. The zero-order chi connectivity index (χ0) is 23.1. The zero-order valence-electron chi connectivity index (χ0n) is 17.3. The van der Waals surface area contributed by atoms with Gasteiger partial charge in [-0.3, -0.25) is 4.79 Å². The molecular formula is C22H21F3N4O3. The van der Waals surface area contributed by atoms with Crippen LogP contribution in [-0.4, -0.2) is 55.7 Å². The molecule has 0 spiro atoms. The number of anilines is 1. The second kappa shape index (κ2) is 10.0. The van der Waals surface area contributed by atoms with Crippen LogP contribution in [0.3, 0.4) is 0 Å². The molecule has 0 radical (unpaired) electrons. The van der Waals surface area contributed by atoms with Gasteiger partial charge < -0.3 is 19.3 Å². The molecule has 3 rings (SSSR count). The Bertz CT molecular complexity index is 1010. The van der Waals surface area contributed by atoms with Crippen LogP contribution in [0, 0.1) is 11.3 Å². The zero-order valence-corrected chi connectivity index (χ0v) is 17.3. The number of nitrogens with zero attached hydrogens (tertiary/aromatic N) is 4. The van der Waals surface area contributed by atoms with Gasteiger partial charge in [-0.05, 0) is 35.9 Å². The molecule has 2 heterocycles. The lowest BCUT2D eigenvalue weighted by atomic mass is 10.2. The molecule has 7 nitrogen and oxygen atoms in total. The van der Waals surface area contributed by atoms with Gasteiger partial charge in [0, 0.05) is 38.5 Å². The molecule has 1 aromatic carbocycles. The SMILES string of the molecule is COc1cc(/C=C/C(=O)N2CCN(c3ccc(C(F)(F)F)cn3)CC2)ccc1OCC#N. The number of pyridine rings is 1. The number of rotatable bonds is 6. The molecule has 1 fully saturated rings. The van der Waals surface area contributed by atoms with E-state index in [1.807, 2.05) is 11.0 Å². The number of hydrogen-bond donors (Lipinski definition) is 0. The average molecular weight is 446 g/mol. The summed E-state index contributed by atoms with van der Waals surface area (Å²) in [4.78, 5) is 19.9. The van der Waals surface area contributed by atoms with Crippen LogP contribution in [0.4, 0.5) is 19.0 Å². The van der Waals surface area contributed by atoms with Crippen molar-refractivity contribution in [1.29, 1.82) is 5.26 Å². The van der Waals surface area contributed by atoms with Gasteiger partial charge in [-0.15, -0.1) is 0 Å². The molecule has 32 heavy (non-hydrogen) atoms. The fourth-order valence-electron chi connectivity index (χ4n) is 3.19. The van der Waals surface area contributed by atoms with E-state index in [1.54, 1.807) is 29.2 Å². The number of amides is 1. The van der Waals surface area contributed by atoms with Gasteiger partial charge in [0.1, 0.15) is 11.9 Å². The molecule has 0 saturated carbocycles. The topological polar surface area (TPSA) is 78.7 Å². The summed E-state index contributed by atoms with van der Waals surface area (Å²) in [5, 5.41) is 8.62. The van der Waals surface area contributed by atoms with E-state index in [2.05, 4.69) is 4.98 Å². The molecule has 0 atom stereocenters. The summed E-state index contributed by atoms with van der Waals surface area (Å²) in [7, 11) is 1.48. The van der Waals surface area contributed by atoms with Gasteiger partial charge in [0.25, 0.3) is 0 Å². The van der Waals surface area contributed by atoms with Gasteiger partial charge in [0.05, 0.1) is 12.7 Å². The highest BCUT2D eigenvalue weighted by Gasteiger charge is 2.31. The molecule has 0 N–H and O–H groups in total. The summed E-state index contributed by atoms with van der Waals surface area (Å²) < 4.78 is 48.6. The minimum atomic E-state index is -4.42. The molecule has 1 aliphatic heterocycles. The Morgan fingerprint density at radius 3 is 2.53 bits per heavy atom. The summed E-state index contributed by atoms with van der Waals surface area (Å²) >= 11 is 0. The van der Waals surface area contributed by atoms with Gasteiger partial charge in [0.2, 0.25) is 5.91 Å². The number of methoxy groups -OCH3 is 1. The Morgan fingerprint density at radius 2 is 1.94 bits per heavy atom. The molecule has 10 heteroatoms. The van der Waals surface area contributed by atoms with Crippen LogP contribution in [0.2, 0.25) is 0 Å². The monoisotopic (exact) mass is 446 g/mol. The lowest BCUT2D eigenvalue weighted by Gasteiger charge is -2.35. The van der Waals surface area contributed by atoms with E-state index in [1.165, 1.54) is 19.3 Å². The summed E-state index contributed by atoms with van der Waals surface area (Å²) in [5.41, 5.74) is -0.0615. The molecule has 1 saturated heterocycles. The summed E-state index contributed by atoms with van der Waals surface area (Å²) in [5.74, 6) is 1.17. The quantitative estimate of drug-likeness (QED) is 0.633. The first-order chi connectivity index (χ1) is 15.3. The van der Waals surface area contributed by atoms with Crippen molar-refractivity contribution in [2.75, 3.05) is 44.8 Å². The summed E-state index contributed by atoms with van der Waals surface area (Å²) in [6.07, 6.45) is -0.489. The number of carbonyl (C=O) groups is 1. The van der Waals surface area contributed by atoms with Gasteiger partial charge in [0.15, 0.2) is 18.1 Å². The first-order valence-electron chi connectivity index (χ1n) is 9.75. The average Bonchev–Trinajstić information content (AvgIpc) is 2.81. The highest BCUT2D eigenvalue weighted by Crippen LogP contribution is 2.30. The van der Waals surface area contributed by atoms with Crippen molar-refractivity contribution in [2.45, 2.75) is 6.18 Å². The predicted molar refractivity (Wildman–Crippen MR) is 111 cm³/mol. The molecular weight excluding hydrogens is 425 g/mol. The van der Waals surface area contributed by atoms with Crippen molar-refractivity contribution in [3.63, 3.8) is 0 Å². The number of carbonyl (C=O) groups excluding carboxylic acids is 1. The van der Waals surface area contributed by atoms with E-state index < -0.39 is 11.7 Å². The Labute approximate surface area is 183 Å². The first kappa shape index (κ1) is 22.9. The van der Waals surface area contributed by atoms with E-state index in [-0.39, 0.29) is 12.5 Å². The van der Waals surface area contributed by atoms with Crippen LogP contribution in [0.1, 0.15) is 11.1 Å². The standard InChI is InChI=1S/C22H21F3N4O3/c1-31-19-14-16(2-5-18(19)32-13-8-26)3-7-21(30)29-11-9-28(10-12-29)20-6-4-17(15-27-20)22(23,24)25/h2-7,14-15H,9-13H2,1H3/b7-3+. The molecule has 0 aliphatic carbocycles. The number of ether oxygens (including phenoxy) is 2. The Kier molecular flexibility index (Phi) is 7.20. The minimum Gasteiger partial charge on any atom is -0.493 e. The number of nitriles is 1. The third-order valence-electron chi connectivity index (χ3n) is 4.89. The van der Waals surface area contributed by atoms with Crippen molar-refractivity contribution in [1.82, 2.24) is 9.88 Å². The molecule has 0 bridgehead atoms. The maximum atomic E-state index is 12.7. The van der Waals surface area contributed by atoms with Gasteiger partial charge in [-0.2, -0.15) is 18.4 Å². The Morgan fingerprint density at radius 1 is 1.19 bits per heavy atom. The van der Waals surface area contributed by atoms with Crippen LogP contribution in [-0.2, 0) is 11.0 Å². The largest absolute Gasteiger partial charge is 0.493 e. The van der Waals surface area contributed by atoms with Crippen molar-refractivity contribution < 1.29 is 27.4 Å². The molecule has 2 aromatic rings. The highest BCUT2D eigenvalue weighted by molar-refractivity contribution is 5.92. The first-order valence-corrected chi connectivity index (χ1v) is 9.75. The van der Waals surface area contributed by atoms with E-state index in [0.29, 0.717) is 43.5 Å². The van der Waals surface area contributed by atoms with Gasteiger partial charge >= 0.3 is 6.18 Å². The maximum Gasteiger partial charge on any atom is 0.417 e. The lowest BCUT2D eigenvalue weighted by Crippen LogP contribution is -2.48. The number of benzene rings is 1. The van der Waals surface area contributed by atoms with E-state index in [0.717, 1.165) is 17.8 Å². The van der Waals surface area contributed by atoms with Crippen LogP contribution < -0.4 is 14.4 Å².